The van der Waals surface area contributed by atoms with Crippen LogP contribution in [0.25, 0.3) is 10.2 Å². The third-order valence-electron chi connectivity index (χ3n) is 3.11. The van der Waals surface area contributed by atoms with E-state index in [0.717, 1.165) is 15.9 Å². The number of likely N-dealkylation sites (N-methyl/N-ethyl adjacent to an activating group) is 1. The minimum atomic E-state index is -0.111. The van der Waals surface area contributed by atoms with Gasteiger partial charge < -0.3 is 15.4 Å². The SMILES string of the molecule is CN.CN(C(=O)COc1nc2ccccc2s1)c1ccccc1. The van der Waals surface area contributed by atoms with Gasteiger partial charge in [-0.25, -0.2) is 4.98 Å². The molecule has 1 heterocycles. The van der Waals surface area contributed by atoms with Gasteiger partial charge in [-0.2, -0.15) is 0 Å². The fourth-order valence-corrected chi connectivity index (χ4v) is 2.74. The average Bonchev–Trinajstić information content (AvgIpc) is 3.04. The zero-order valence-electron chi connectivity index (χ0n) is 13.1. The standard InChI is InChI=1S/C16H14N2O2S.CH5N/c1-18(12-7-3-2-4-8-12)15(19)11-20-16-17-13-9-5-6-10-14(13)21-16;1-2/h2-10H,11H2,1H3;2H2,1H3. The third kappa shape index (κ3) is 4.28. The van der Waals surface area contributed by atoms with Gasteiger partial charge in [-0.1, -0.05) is 41.7 Å². The first-order valence-corrected chi connectivity index (χ1v) is 7.93. The molecule has 1 aromatic heterocycles. The van der Waals surface area contributed by atoms with Crippen LogP contribution in [0.5, 0.6) is 5.19 Å². The second kappa shape index (κ2) is 8.26. The van der Waals surface area contributed by atoms with Crippen molar-refractivity contribution in [2.75, 3.05) is 25.6 Å². The van der Waals surface area contributed by atoms with Crippen molar-refractivity contribution in [2.45, 2.75) is 0 Å². The number of thiazole rings is 1. The Morgan fingerprint density at radius 2 is 1.78 bits per heavy atom. The summed E-state index contributed by atoms with van der Waals surface area (Å²) in [6, 6.07) is 17.3. The van der Waals surface area contributed by atoms with Crippen LogP contribution in [0.4, 0.5) is 5.69 Å². The molecule has 0 fully saturated rings. The first-order valence-electron chi connectivity index (χ1n) is 7.12. The number of para-hydroxylation sites is 2. The smallest absolute Gasteiger partial charge is 0.274 e. The molecule has 0 radical (unpaired) electrons. The summed E-state index contributed by atoms with van der Waals surface area (Å²) in [5, 5.41) is 0.519. The lowest BCUT2D eigenvalue weighted by molar-refractivity contribution is -0.120. The summed E-state index contributed by atoms with van der Waals surface area (Å²) in [4.78, 5) is 18.0. The topological polar surface area (TPSA) is 68.5 Å². The fourth-order valence-electron chi connectivity index (χ4n) is 1.93. The lowest BCUT2D eigenvalue weighted by Gasteiger charge is -2.16. The molecule has 0 saturated heterocycles. The van der Waals surface area contributed by atoms with Gasteiger partial charge in [0.05, 0.1) is 10.2 Å². The molecule has 2 aromatic carbocycles. The predicted octanol–water partition coefficient (Wildman–Crippen LogP) is 2.91. The van der Waals surface area contributed by atoms with Gasteiger partial charge >= 0.3 is 0 Å². The lowest BCUT2D eigenvalue weighted by atomic mass is 10.3. The van der Waals surface area contributed by atoms with Crippen LogP contribution in [-0.4, -0.2) is 31.6 Å². The van der Waals surface area contributed by atoms with Gasteiger partial charge in [0, 0.05) is 12.7 Å². The summed E-state index contributed by atoms with van der Waals surface area (Å²) >= 11 is 1.44. The molecule has 0 aliphatic carbocycles. The van der Waals surface area contributed by atoms with Gasteiger partial charge in [0.2, 0.25) is 0 Å². The van der Waals surface area contributed by atoms with E-state index in [0.29, 0.717) is 5.19 Å². The monoisotopic (exact) mass is 329 g/mol. The molecule has 0 bridgehead atoms. The fraction of sp³-hybridized carbons (Fsp3) is 0.176. The minimum Gasteiger partial charge on any atom is -0.460 e. The van der Waals surface area contributed by atoms with Crippen molar-refractivity contribution in [3.05, 3.63) is 54.6 Å². The summed E-state index contributed by atoms with van der Waals surface area (Å²) in [7, 11) is 3.24. The van der Waals surface area contributed by atoms with Gasteiger partial charge in [0.15, 0.2) is 6.61 Å². The number of anilines is 1. The molecule has 0 unspecified atom stereocenters. The number of fused-ring (bicyclic) bond motifs is 1. The molecule has 1 amide bonds. The Balaban J connectivity index is 0.000000924. The maximum absolute atomic E-state index is 12.1. The van der Waals surface area contributed by atoms with E-state index in [1.165, 1.54) is 18.4 Å². The Hall–Kier alpha value is -2.44. The number of nitrogens with zero attached hydrogens (tertiary/aromatic N) is 2. The van der Waals surface area contributed by atoms with Crippen LogP contribution in [0.1, 0.15) is 0 Å². The Labute approximate surface area is 139 Å². The molecular weight excluding hydrogens is 310 g/mol. The number of hydrogen-bond acceptors (Lipinski definition) is 5. The highest BCUT2D eigenvalue weighted by Gasteiger charge is 2.12. The molecule has 0 saturated carbocycles. The third-order valence-corrected chi connectivity index (χ3v) is 4.06. The highest BCUT2D eigenvalue weighted by Crippen LogP contribution is 2.27. The maximum Gasteiger partial charge on any atom is 0.274 e. The number of aromatic nitrogens is 1. The zero-order valence-corrected chi connectivity index (χ0v) is 13.9. The number of amides is 1. The van der Waals surface area contributed by atoms with E-state index in [-0.39, 0.29) is 12.5 Å². The Morgan fingerprint density at radius 3 is 2.48 bits per heavy atom. The molecule has 0 aliphatic heterocycles. The van der Waals surface area contributed by atoms with Gasteiger partial charge in [-0.15, -0.1) is 0 Å². The number of benzene rings is 2. The van der Waals surface area contributed by atoms with Crippen LogP contribution >= 0.6 is 11.3 Å². The second-order valence-corrected chi connectivity index (χ2v) is 5.52. The number of ether oxygens (including phenoxy) is 1. The number of hydrogen-bond donors (Lipinski definition) is 1. The Kier molecular flexibility index (Phi) is 6.08. The van der Waals surface area contributed by atoms with E-state index in [1.807, 2.05) is 54.6 Å². The van der Waals surface area contributed by atoms with E-state index in [1.54, 1.807) is 11.9 Å². The largest absolute Gasteiger partial charge is 0.460 e. The normalized spacial score (nSPS) is 9.87. The van der Waals surface area contributed by atoms with Crippen LogP contribution in [0.2, 0.25) is 0 Å². The molecule has 0 spiro atoms. The first-order chi connectivity index (χ1) is 11.2. The number of nitrogens with two attached hydrogens (primary N) is 1. The molecule has 6 heteroatoms. The van der Waals surface area contributed by atoms with Crippen LogP contribution < -0.4 is 15.4 Å². The van der Waals surface area contributed by atoms with Gasteiger partial charge in [0.25, 0.3) is 11.1 Å². The average molecular weight is 329 g/mol. The van der Waals surface area contributed by atoms with Crippen LogP contribution in [0.15, 0.2) is 54.6 Å². The van der Waals surface area contributed by atoms with Crippen molar-refractivity contribution in [2.24, 2.45) is 5.73 Å². The summed E-state index contributed by atoms with van der Waals surface area (Å²) in [5.74, 6) is -0.111. The van der Waals surface area contributed by atoms with Crippen molar-refractivity contribution in [1.82, 2.24) is 4.98 Å². The van der Waals surface area contributed by atoms with E-state index in [9.17, 15) is 4.79 Å². The number of carbonyl (C=O) groups excluding carboxylic acids is 1. The van der Waals surface area contributed by atoms with E-state index < -0.39 is 0 Å². The van der Waals surface area contributed by atoms with Crippen molar-refractivity contribution in [1.29, 1.82) is 0 Å². The van der Waals surface area contributed by atoms with Crippen molar-refractivity contribution in [3.63, 3.8) is 0 Å². The molecular formula is C17H19N3O2S. The van der Waals surface area contributed by atoms with Gasteiger partial charge in [0.1, 0.15) is 0 Å². The molecule has 3 rings (SSSR count). The summed E-state index contributed by atoms with van der Waals surface area (Å²) < 4.78 is 6.56. The lowest BCUT2D eigenvalue weighted by Crippen LogP contribution is -2.31. The molecule has 120 valence electrons. The second-order valence-electron chi connectivity index (χ2n) is 4.52. The zero-order chi connectivity index (χ0) is 16.7. The maximum atomic E-state index is 12.1. The highest BCUT2D eigenvalue weighted by atomic mass is 32.1. The number of rotatable bonds is 4. The van der Waals surface area contributed by atoms with Crippen molar-refractivity contribution >= 4 is 33.1 Å². The van der Waals surface area contributed by atoms with Gasteiger partial charge in [-0.05, 0) is 31.3 Å². The summed E-state index contributed by atoms with van der Waals surface area (Å²) in [6.07, 6.45) is 0. The first kappa shape index (κ1) is 16.9. The van der Waals surface area contributed by atoms with E-state index in [2.05, 4.69) is 10.7 Å². The molecule has 0 atom stereocenters. The van der Waals surface area contributed by atoms with Crippen LogP contribution in [0.3, 0.4) is 0 Å². The molecule has 0 aliphatic rings. The van der Waals surface area contributed by atoms with Crippen molar-refractivity contribution < 1.29 is 9.53 Å². The van der Waals surface area contributed by atoms with Crippen LogP contribution in [0, 0.1) is 0 Å². The minimum absolute atomic E-state index is 0.0226. The van der Waals surface area contributed by atoms with Crippen LogP contribution in [-0.2, 0) is 4.79 Å². The Bertz CT molecular complexity index is 726. The highest BCUT2D eigenvalue weighted by molar-refractivity contribution is 7.20. The van der Waals surface area contributed by atoms with Crippen molar-refractivity contribution in [3.8, 4) is 5.19 Å². The number of carbonyl (C=O) groups is 1. The molecule has 5 nitrogen and oxygen atoms in total. The summed E-state index contributed by atoms with van der Waals surface area (Å²) in [6.45, 7) is -0.0226. The predicted molar refractivity (Wildman–Crippen MR) is 95.1 cm³/mol. The quantitative estimate of drug-likeness (QED) is 0.799. The Morgan fingerprint density at radius 1 is 1.13 bits per heavy atom. The molecule has 23 heavy (non-hydrogen) atoms. The molecule has 3 aromatic rings. The van der Waals surface area contributed by atoms with Gasteiger partial charge in [-0.3, -0.25) is 4.79 Å². The summed E-state index contributed by atoms with van der Waals surface area (Å²) in [5.41, 5.74) is 6.23. The van der Waals surface area contributed by atoms with E-state index >= 15 is 0 Å². The van der Waals surface area contributed by atoms with E-state index in [4.69, 9.17) is 4.74 Å². The molecule has 2 N–H and O–H groups in total.